The van der Waals surface area contributed by atoms with E-state index in [-0.39, 0.29) is 36.2 Å². The van der Waals surface area contributed by atoms with Crippen LogP contribution in [0.25, 0.3) is 0 Å². The van der Waals surface area contributed by atoms with Crippen molar-refractivity contribution in [1.29, 1.82) is 0 Å². The zero-order chi connectivity index (χ0) is 18.1. The summed E-state index contributed by atoms with van der Waals surface area (Å²) in [6, 6.07) is 7.00. The lowest BCUT2D eigenvalue weighted by Crippen LogP contribution is -2.58. The second-order valence-corrected chi connectivity index (χ2v) is 8.39. The Labute approximate surface area is 166 Å². The molecule has 0 spiro atoms. The maximum atomic E-state index is 13.9. The van der Waals surface area contributed by atoms with Crippen molar-refractivity contribution in [2.24, 2.45) is 17.6 Å². The topological polar surface area (TPSA) is 64.3 Å². The first-order valence-electron chi connectivity index (χ1n) is 9.99. The Kier molecular flexibility index (Phi) is 6.44. The number of fused-ring (bicyclic) bond motifs is 2. The molecule has 1 aromatic rings. The van der Waals surface area contributed by atoms with Crippen LogP contribution in [0.1, 0.15) is 50.5 Å². The Morgan fingerprint density at radius 1 is 1.19 bits per heavy atom. The highest BCUT2D eigenvalue weighted by molar-refractivity contribution is 5.88. The number of rotatable bonds is 3. The van der Waals surface area contributed by atoms with Crippen molar-refractivity contribution in [1.82, 2.24) is 5.32 Å². The van der Waals surface area contributed by atoms with Gasteiger partial charge in [0.05, 0.1) is 5.41 Å². The average Bonchev–Trinajstić information content (AvgIpc) is 2.63. The molecule has 3 aliphatic rings. The molecule has 1 amide bonds. The van der Waals surface area contributed by atoms with Crippen LogP contribution in [0.2, 0.25) is 0 Å². The summed E-state index contributed by atoms with van der Waals surface area (Å²) in [6.07, 6.45) is 6.72. The minimum atomic E-state index is -0.686. The van der Waals surface area contributed by atoms with E-state index >= 15 is 0 Å². The van der Waals surface area contributed by atoms with Gasteiger partial charge >= 0.3 is 0 Å². The normalized spacial score (nSPS) is 32.2. The molecule has 6 heteroatoms. The summed E-state index contributed by atoms with van der Waals surface area (Å²) in [5, 5.41) is 3.40. The van der Waals surface area contributed by atoms with Gasteiger partial charge in [-0.2, -0.15) is 0 Å². The number of carbonyl (C=O) groups excluding carboxylic acids is 1. The number of hydrogen-bond acceptors (Lipinski definition) is 3. The van der Waals surface area contributed by atoms with Gasteiger partial charge in [-0.05, 0) is 68.1 Å². The maximum absolute atomic E-state index is 13.9. The number of carbonyl (C=O) groups is 1. The highest BCUT2D eigenvalue weighted by atomic mass is 35.5. The molecule has 1 aliphatic heterocycles. The molecular weight excluding hydrogens is 367 g/mol. The Morgan fingerprint density at radius 3 is 2.48 bits per heavy atom. The van der Waals surface area contributed by atoms with Crippen LogP contribution in [0.15, 0.2) is 24.3 Å². The molecule has 3 N–H and O–H groups in total. The van der Waals surface area contributed by atoms with Crippen molar-refractivity contribution >= 4 is 18.3 Å². The minimum absolute atomic E-state index is 0. The van der Waals surface area contributed by atoms with Gasteiger partial charge in [-0.1, -0.05) is 18.6 Å². The molecule has 4 rings (SSSR count). The van der Waals surface area contributed by atoms with Crippen molar-refractivity contribution in [3.8, 4) is 0 Å². The van der Waals surface area contributed by atoms with E-state index in [4.69, 9.17) is 10.5 Å². The molecule has 2 saturated carbocycles. The summed E-state index contributed by atoms with van der Waals surface area (Å²) in [5.41, 5.74) is 6.31. The van der Waals surface area contributed by atoms with Crippen LogP contribution in [0, 0.1) is 17.7 Å². The fraction of sp³-hybridized carbons (Fsp3) is 0.667. The van der Waals surface area contributed by atoms with Crippen molar-refractivity contribution < 1.29 is 13.9 Å². The number of amides is 1. The van der Waals surface area contributed by atoms with E-state index in [0.717, 1.165) is 31.2 Å². The summed E-state index contributed by atoms with van der Waals surface area (Å²) in [6.45, 7) is 1.07. The zero-order valence-electron chi connectivity index (χ0n) is 15.7. The molecule has 2 atom stereocenters. The fourth-order valence-corrected chi connectivity index (χ4v) is 5.47. The zero-order valence-corrected chi connectivity index (χ0v) is 16.5. The Morgan fingerprint density at radius 2 is 1.85 bits per heavy atom. The van der Waals surface area contributed by atoms with Crippen LogP contribution < -0.4 is 11.1 Å². The van der Waals surface area contributed by atoms with Gasteiger partial charge in [0.25, 0.3) is 0 Å². The van der Waals surface area contributed by atoms with Gasteiger partial charge < -0.3 is 15.8 Å². The lowest BCUT2D eigenvalue weighted by Gasteiger charge is -2.47. The Bertz CT molecular complexity index is 651. The number of hydrogen-bond donors (Lipinski definition) is 2. The third-order valence-corrected chi connectivity index (χ3v) is 6.83. The Hall–Kier alpha value is -1.17. The number of halogens is 2. The minimum Gasteiger partial charge on any atom is -0.381 e. The SMILES string of the molecule is Cl.NC1CC2CCCC(C1)C2NC(=O)C1(c2cccc(F)c2)CCOCC1. The molecule has 1 heterocycles. The standard InChI is InChI=1S/C21H29FN2O2.ClH/c22-17-6-2-5-16(13-17)21(7-9-26-10-8-21)20(25)24-19-14-3-1-4-15(19)12-18(23)11-14;/h2,5-6,13-15,18-19H,1,3-4,7-12,23H2,(H,24,25);1H. The van der Waals surface area contributed by atoms with Crippen LogP contribution >= 0.6 is 12.4 Å². The quantitative estimate of drug-likeness (QED) is 0.823. The first kappa shape index (κ1) is 20.6. The van der Waals surface area contributed by atoms with Crippen molar-refractivity contribution in [3.63, 3.8) is 0 Å². The molecule has 1 aromatic carbocycles. The summed E-state index contributed by atoms with van der Waals surface area (Å²) in [4.78, 5) is 13.5. The van der Waals surface area contributed by atoms with E-state index in [2.05, 4.69) is 5.32 Å². The molecule has 27 heavy (non-hydrogen) atoms. The second kappa shape index (κ2) is 8.46. The predicted octanol–water partition coefficient (Wildman–Crippen LogP) is 3.32. The molecule has 2 bridgehead atoms. The first-order valence-corrected chi connectivity index (χ1v) is 9.99. The summed E-state index contributed by atoms with van der Waals surface area (Å²) in [5.74, 6) is 0.710. The fourth-order valence-electron chi connectivity index (χ4n) is 5.47. The van der Waals surface area contributed by atoms with Crippen LogP contribution in [0.5, 0.6) is 0 Å². The van der Waals surface area contributed by atoms with E-state index in [1.54, 1.807) is 6.07 Å². The van der Waals surface area contributed by atoms with Crippen molar-refractivity contribution in [2.45, 2.75) is 62.4 Å². The van der Waals surface area contributed by atoms with E-state index in [1.165, 1.54) is 18.6 Å². The molecule has 0 radical (unpaired) electrons. The number of benzene rings is 1. The Balaban J connectivity index is 0.00000210. The first-order chi connectivity index (χ1) is 12.6. The van der Waals surface area contributed by atoms with Crippen LogP contribution in [0.4, 0.5) is 4.39 Å². The van der Waals surface area contributed by atoms with Gasteiger partial charge in [0.1, 0.15) is 5.82 Å². The third-order valence-electron chi connectivity index (χ3n) is 6.83. The average molecular weight is 397 g/mol. The third kappa shape index (κ3) is 4.01. The van der Waals surface area contributed by atoms with Gasteiger partial charge in [0.2, 0.25) is 5.91 Å². The largest absolute Gasteiger partial charge is 0.381 e. The lowest BCUT2D eigenvalue weighted by molar-refractivity contribution is -0.133. The van der Waals surface area contributed by atoms with Crippen LogP contribution in [0.3, 0.4) is 0 Å². The van der Waals surface area contributed by atoms with E-state index in [1.807, 2.05) is 6.07 Å². The van der Waals surface area contributed by atoms with Crippen molar-refractivity contribution in [2.75, 3.05) is 13.2 Å². The second-order valence-electron chi connectivity index (χ2n) is 8.39. The summed E-state index contributed by atoms with van der Waals surface area (Å²) >= 11 is 0. The summed E-state index contributed by atoms with van der Waals surface area (Å²) in [7, 11) is 0. The van der Waals surface area contributed by atoms with E-state index < -0.39 is 5.41 Å². The van der Waals surface area contributed by atoms with Gasteiger partial charge in [-0.25, -0.2) is 4.39 Å². The van der Waals surface area contributed by atoms with E-state index in [9.17, 15) is 9.18 Å². The van der Waals surface area contributed by atoms with Gasteiger partial charge in [0, 0.05) is 25.3 Å². The van der Waals surface area contributed by atoms with Crippen LogP contribution in [-0.2, 0) is 14.9 Å². The highest BCUT2D eigenvalue weighted by Crippen LogP contribution is 2.41. The van der Waals surface area contributed by atoms with Gasteiger partial charge in [-0.15, -0.1) is 12.4 Å². The molecule has 1 saturated heterocycles. The van der Waals surface area contributed by atoms with Gasteiger partial charge in [-0.3, -0.25) is 4.79 Å². The molecule has 2 aliphatic carbocycles. The molecule has 4 nitrogen and oxygen atoms in total. The maximum Gasteiger partial charge on any atom is 0.231 e. The molecule has 2 unspecified atom stereocenters. The number of ether oxygens (including phenoxy) is 1. The van der Waals surface area contributed by atoms with E-state index in [0.29, 0.717) is 37.9 Å². The molecule has 0 aromatic heterocycles. The van der Waals surface area contributed by atoms with Gasteiger partial charge in [0.15, 0.2) is 0 Å². The molecule has 150 valence electrons. The molecule has 3 fully saturated rings. The number of nitrogens with one attached hydrogen (secondary N) is 1. The van der Waals surface area contributed by atoms with Crippen molar-refractivity contribution in [3.05, 3.63) is 35.6 Å². The molecular formula is C21H30ClFN2O2. The summed E-state index contributed by atoms with van der Waals surface area (Å²) < 4.78 is 19.4. The number of nitrogens with two attached hydrogens (primary N) is 1. The lowest BCUT2D eigenvalue weighted by atomic mass is 9.66. The highest BCUT2D eigenvalue weighted by Gasteiger charge is 2.46. The van der Waals surface area contributed by atoms with Crippen LogP contribution in [-0.4, -0.2) is 31.2 Å². The monoisotopic (exact) mass is 396 g/mol. The smallest absolute Gasteiger partial charge is 0.231 e. The predicted molar refractivity (Wildman–Crippen MR) is 105 cm³/mol.